The van der Waals surface area contributed by atoms with E-state index in [1.807, 2.05) is 4.67 Å². The summed E-state index contributed by atoms with van der Waals surface area (Å²) in [6.45, 7) is 1.30. The Balaban J connectivity index is 2.03. The van der Waals surface area contributed by atoms with Crippen LogP contribution in [0.5, 0.6) is 0 Å². The summed E-state index contributed by atoms with van der Waals surface area (Å²) in [7, 11) is -1.39. The van der Waals surface area contributed by atoms with Gasteiger partial charge in [-0.1, -0.05) is 0 Å². The first-order chi connectivity index (χ1) is 5.75. The summed E-state index contributed by atoms with van der Waals surface area (Å²) in [4.78, 5) is 21.6. The topological polar surface area (TPSA) is 55.8 Å². The third-order valence-electron chi connectivity index (χ3n) is 1.74. The minimum Gasteiger partial charge on any atom is -0.394 e. The second-order valence-electron chi connectivity index (χ2n) is 2.62. The molecule has 0 amide bonds. The molecular weight excluding hydrogens is 181 g/mol. The maximum Gasteiger partial charge on any atom is 0.389 e. The van der Waals surface area contributed by atoms with E-state index in [-0.39, 0.29) is 11.9 Å². The first kappa shape index (κ1) is 7.95. The van der Waals surface area contributed by atoms with Crippen LogP contribution < -0.4 is 0 Å². The third kappa shape index (κ3) is 1.42. The molecule has 0 aliphatic carbocycles. The van der Waals surface area contributed by atoms with Gasteiger partial charge in [0.25, 0.3) is 0 Å². The summed E-state index contributed by atoms with van der Waals surface area (Å²) in [6.07, 6.45) is 0.798. The molecule has 0 atom stereocenters. The van der Waals surface area contributed by atoms with Gasteiger partial charge in [0.15, 0.2) is 0 Å². The molecular formula is C6H8NO4P. The van der Waals surface area contributed by atoms with Gasteiger partial charge in [-0.05, 0) is 0 Å². The van der Waals surface area contributed by atoms with Crippen LogP contribution in [0, 0.1) is 0 Å². The van der Waals surface area contributed by atoms with Crippen molar-refractivity contribution in [1.29, 1.82) is 0 Å². The maximum absolute atomic E-state index is 10.8. The monoisotopic (exact) mass is 189 g/mol. The van der Waals surface area contributed by atoms with Crippen LogP contribution in [0.15, 0.2) is 0 Å². The zero-order chi connectivity index (χ0) is 8.55. The summed E-state index contributed by atoms with van der Waals surface area (Å²) in [5.74, 6) is -0.542. The SMILES string of the molecule is O=C1CCN2CCC(=O)OP2O1. The summed E-state index contributed by atoms with van der Waals surface area (Å²) < 4.78 is 11.6. The zero-order valence-corrected chi connectivity index (χ0v) is 7.25. The van der Waals surface area contributed by atoms with Crippen molar-refractivity contribution in [3.8, 4) is 0 Å². The molecule has 6 heteroatoms. The highest BCUT2D eigenvalue weighted by Crippen LogP contribution is 2.48. The van der Waals surface area contributed by atoms with Crippen LogP contribution in [0.1, 0.15) is 12.8 Å². The average Bonchev–Trinajstić information content (AvgIpc) is 2.03. The molecule has 0 unspecified atom stereocenters. The van der Waals surface area contributed by atoms with Gasteiger partial charge >= 0.3 is 20.5 Å². The fraction of sp³-hybridized carbons (Fsp3) is 0.667. The molecule has 2 rings (SSSR count). The largest absolute Gasteiger partial charge is 0.394 e. The van der Waals surface area contributed by atoms with Gasteiger partial charge in [0.2, 0.25) is 0 Å². The van der Waals surface area contributed by atoms with Gasteiger partial charge in [-0.15, -0.1) is 0 Å². The van der Waals surface area contributed by atoms with Gasteiger partial charge in [-0.25, -0.2) is 4.67 Å². The van der Waals surface area contributed by atoms with Gasteiger partial charge in [0, 0.05) is 13.1 Å². The molecule has 0 N–H and O–H groups in total. The summed E-state index contributed by atoms with van der Waals surface area (Å²) in [5.41, 5.74) is 0. The lowest BCUT2D eigenvalue weighted by Crippen LogP contribution is -2.35. The van der Waals surface area contributed by atoms with Crippen LogP contribution in [0.4, 0.5) is 0 Å². The molecule has 0 radical (unpaired) electrons. The van der Waals surface area contributed by atoms with E-state index in [0.29, 0.717) is 25.9 Å². The lowest BCUT2D eigenvalue weighted by molar-refractivity contribution is -0.142. The van der Waals surface area contributed by atoms with Crippen LogP contribution in [0.3, 0.4) is 0 Å². The summed E-state index contributed by atoms with van der Waals surface area (Å²) in [5, 5.41) is 0. The molecule has 0 spiro atoms. The quantitative estimate of drug-likeness (QED) is 0.516. The van der Waals surface area contributed by atoms with E-state index in [9.17, 15) is 9.59 Å². The Labute approximate surface area is 70.6 Å². The molecule has 2 fully saturated rings. The number of carbonyl (C=O) groups is 2. The molecule has 2 aliphatic heterocycles. The van der Waals surface area contributed by atoms with Crippen molar-refractivity contribution in [3.63, 3.8) is 0 Å². The Morgan fingerprint density at radius 3 is 2.08 bits per heavy atom. The van der Waals surface area contributed by atoms with E-state index in [1.165, 1.54) is 0 Å². The second-order valence-corrected chi connectivity index (χ2v) is 4.02. The van der Waals surface area contributed by atoms with Crippen LogP contribution in [0.25, 0.3) is 0 Å². The molecule has 2 heterocycles. The van der Waals surface area contributed by atoms with Gasteiger partial charge < -0.3 is 9.05 Å². The lowest BCUT2D eigenvalue weighted by Gasteiger charge is -2.34. The number of nitrogens with zero attached hydrogens (tertiary/aromatic N) is 1. The molecule has 0 aromatic carbocycles. The number of rotatable bonds is 0. The predicted molar refractivity (Wildman–Crippen MR) is 39.9 cm³/mol. The zero-order valence-electron chi connectivity index (χ0n) is 6.36. The highest BCUT2D eigenvalue weighted by atomic mass is 31.2. The van der Waals surface area contributed by atoms with Crippen molar-refractivity contribution in [2.24, 2.45) is 0 Å². The minimum atomic E-state index is -1.39. The van der Waals surface area contributed by atoms with E-state index in [2.05, 4.69) is 0 Å². The highest BCUT2D eigenvalue weighted by Gasteiger charge is 2.37. The smallest absolute Gasteiger partial charge is 0.389 e. The second kappa shape index (κ2) is 2.99. The van der Waals surface area contributed by atoms with Gasteiger partial charge in [-0.2, -0.15) is 0 Å². The molecule has 2 aliphatic rings. The molecule has 0 aromatic heterocycles. The van der Waals surface area contributed by atoms with E-state index in [1.54, 1.807) is 0 Å². The first-order valence-corrected chi connectivity index (χ1v) is 4.85. The van der Waals surface area contributed by atoms with E-state index < -0.39 is 8.53 Å². The van der Waals surface area contributed by atoms with Gasteiger partial charge in [0.1, 0.15) is 0 Å². The molecule has 5 nitrogen and oxygen atoms in total. The molecule has 0 aromatic rings. The number of hydrogen-bond acceptors (Lipinski definition) is 5. The first-order valence-electron chi connectivity index (χ1n) is 3.72. The molecule has 0 saturated carbocycles. The Morgan fingerprint density at radius 1 is 1.08 bits per heavy atom. The summed E-state index contributed by atoms with van der Waals surface area (Å²) >= 11 is 0. The van der Waals surface area contributed by atoms with Crippen LogP contribution in [-0.2, 0) is 18.6 Å². The van der Waals surface area contributed by atoms with Gasteiger partial charge in [-0.3, -0.25) is 9.59 Å². The Morgan fingerprint density at radius 2 is 1.58 bits per heavy atom. The fourth-order valence-electron chi connectivity index (χ4n) is 1.12. The van der Waals surface area contributed by atoms with Crippen molar-refractivity contribution < 1.29 is 18.6 Å². The minimum absolute atomic E-state index is 0.271. The maximum atomic E-state index is 10.8. The van der Waals surface area contributed by atoms with Crippen LogP contribution in [-0.4, -0.2) is 29.7 Å². The fourth-order valence-corrected chi connectivity index (χ4v) is 2.44. The van der Waals surface area contributed by atoms with Crippen molar-refractivity contribution in [1.82, 2.24) is 4.67 Å². The molecule has 66 valence electrons. The standard InChI is InChI=1S/C6H8NO4P/c8-5-1-3-7-4-2-6(9)11-12(7)10-5/h1-4H2. The molecule has 0 bridgehead atoms. The van der Waals surface area contributed by atoms with Crippen LogP contribution in [0.2, 0.25) is 0 Å². The normalized spacial score (nSPS) is 26.0. The third-order valence-corrected chi connectivity index (χ3v) is 3.32. The Hall–Kier alpha value is -0.670. The van der Waals surface area contributed by atoms with Gasteiger partial charge in [0.05, 0.1) is 12.8 Å². The van der Waals surface area contributed by atoms with Crippen LogP contribution >= 0.6 is 8.53 Å². The number of fused-ring (bicyclic) bond motifs is 1. The Bertz CT molecular complexity index is 210. The molecule has 12 heavy (non-hydrogen) atoms. The highest BCUT2D eigenvalue weighted by molar-refractivity contribution is 7.46. The van der Waals surface area contributed by atoms with Crippen molar-refractivity contribution in [3.05, 3.63) is 0 Å². The average molecular weight is 189 g/mol. The van der Waals surface area contributed by atoms with E-state index >= 15 is 0 Å². The van der Waals surface area contributed by atoms with E-state index in [0.717, 1.165) is 0 Å². The van der Waals surface area contributed by atoms with Crippen molar-refractivity contribution >= 4 is 20.5 Å². The van der Waals surface area contributed by atoms with Crippen molar-refractivity contribution in [2.75, 3.05) is 13.1 Å². The number of hydrogen-bond donors (Lipinski definition) is 0. The number of carbonyl (C=O) groups excluding carboxylic acids is 2. The van der Waals surface area contributed by atoms with E-state index in [4.69, 9.17) is 9.05 Å². The lowest BCUT2D eigenvalue weighted by atomic mass is 10.4. The predicted octanol–water partition coefficient (Wildman–Crippen LogP) is 0.409. The van der Waals surface area contributed by atoms with Crippen molar-refractivity contribution in [2.45, 2.75) is 12.8 Å². The Kier molecular flexibility index (Phi) is 1.98. The summed E-state index contributed by atoms with van der Waals surface area (Å²) in [6, 6.07) is 0. The molecule has 2 saturated heterocycles.